The lowest BCUT2D eigenvalue weighted by atomic mass is 10.1. The van der Waals surface area contributed by atoms with Crippen molar-refractivity contribution in [2.75, 3.05) is 0 Å². The first-order valence-electron chi connectivity index (χ1n) is 8.62. The molecule has 0 aliphatic heterocycles. The van der Waals surface area contributed by atoms with Crippen LogP contribution in [0.3, 0.4) is 0 Å². The van der Waals surface area contributed by atoms with Gasteiger partial charge in [-0.2, -0.15) is 0 Å². The van der Waals surface area contributed by atoms with E-state index in [4.69, 9.17) is 9.15 Å². The topological polar surface area (TPSA) is 82.3 Å². The van der Waals surface area contributed by atoms with Gasteiger partial charge < -0.3 is 9.15 Å². The summed E-state index contributed by atoms with van der Waals surface area (Å²) in [5, 5.41) is 7.95. The molecular formula is C20H20N2O4S. The molecule has 3 aromatic rings. The summed E-state index contributed by atoms with van der Waals surface area (Å²) < 4.78 is 10.9. The Bertz CT molecular complexity index is 943. The number of rotatable bonds is 7. The molecule has 0 saturated heterocycles. The van der Waals surface area contributed by atoms with Gasteiger partial charge in [0.05, 0.1) is 11.3 Å². The summed E-state index contributed by atoms with van der Waals surface area (Å²) in [5.41, 5.74) is 1.93. The van der Waals surface area contributed by atoms with Crippen LogP contribution in [-0.4, -0.2) is 21.9 Å². The highest BCUT2D eigenvalue weighted by Crippen LogP contribution is 2.23. The molecule has 0 aliphatic carbocycles. The van der Waals surface area contributed by atoms with Crippen LogP contribution in [0.2, 0.25) is 0 Å². The van der Waals surface area contributed by atoms with Crippen molar-refractivity contribution in [1.82, 2.24) is 10.2 Å². The summed E-state index contributed by atoms with van der Waals surface area (Å²) in [5.74, 6) is 0.0617. The smallest absolute Gasteiger partial charge is 0.307 e. The van der Waals surface area contributed by atoms with E-state index in [1.165, 1.54) is 11.3 Å². The van der Waals surface area contributed by atoms with Crippen LogP contribution in [0, 0.1) is 13.8 Å². The van der Waals surface area contributed by atoms with Gasteiger partial charge in [0.25, 0.3) is 5.89 Å². The first-order valence-corrected chi connectivity index (χ1v) is 9.43. The van der Waals surface area contributed by atoms with E-state index in [1.54, 1.807) is 13.0 Å². The van der Waals surface area contributed by atoms with Crippen LogP contribution in [0.15, 0.2) is 40.8 Å². The minimum absolute atomic E-state index is 0.0130. The molecule has 1 atom stereocenters. The number of hydrogen-bond donors (Lipinski definition) is 0. The third kappa shape index (κ3) is 4.89. The average molecular weight is 384 g/mol. The van der Waals surface area contributed by atoms with Crippen LogP contribution < -0.4 is 0 Å². The molecule has 0 N–H and O–H groups in total. The maximum atomic E-state index is 12.1. The Morgan fingerprint density at radius 1 is 1.07 bits per heavy atom. The van der Waals surface area contributed by atoms with Crippen molar-refractivity contribution >= 4 is 23.1 Å². The summed E-state index contributed by atoms with van der Waals surface area (Å²) in [6.45, 7) is 5.59. The Hall–Kier alpha value is -2.80. The second kappa shape index (κ2) is 8.26. The average Bonchev–Trinajstić information content (AvgIpc) is 3.30. The van der Waals surface area contributed by atoms with Crippen molar-refractivity contribution in [3.8, 4) is 11.5 Å². The second-order valence-corrected chi connectivity index (χ2v) is 7.56. The molecule has 0 aliphatic rings. The molecule has 2 aromatic heterocycles. The molecule has 140 valence electrons. The van der Waals surface area contributed by atoms with Crippen molar-refractivity contribution in [3.63, 3.8) is 0 Å². The molecule has 0 spiro atoms. The number of aryl methyl sites for hydroxylation is 2. The Morgan fingerprint density at radius 2 is 1.81 bits per heavy atom. The molecule has 6 nitrogen and oxygen atoms in total. The summed E-state index contributed by atoms with van der Waals surface area (Å²) in [6.07, 6.45) is -0.550. The van der Waals surface area contributed by atoms with E-state index in [-0.39, 0.29) is 24.5 Å². The predicted octanol–water partition coefficient (Wildman–Crippen LogP) is 4.68. The van der Waals surface area contributed by atoms with Crippen molar-refractivity contribution in [2.24, 2.45) is 0 Å². The number of carbonyl (C=O) groups is 2. The summed E-state index contributed by atoms with van der Waals surface area (Å²) in [6, 6.07) is 11.4. The predicted molar refractivity (Wildman–Crippen MR) is 102 cm³/mol. The first kappa shape index (κ1) is 19.0. The van der Waals surface area contributed by atoms with Crippen molar-refractivity contribution < 1.29 is 18.7 Å². The van der Waals surface area contributed by atoms with Crippen LogP contribution in [0.5, 0.6) is 0 Å². The lowest BCUT2D eigenvalue weighted by molar-refractivity contribution is -0.149. The highest BCUT2D eigenvalue weighted by Gasteiger charge is 2.20. The Balaban J connectivity index is 1.54. The number of ketones is 1. The fourth-order valence-corrected chi connectivity index (χ4v) is 3.28. The van der Waals surface area contributed by atoms with Crippen LogP contribution in [-0.2, 0) is 9.53 Å². The van der Waals surface area contributed by atoms with E-state index < -0.39 is 12.1 Å². The second-order valence-electron chi connectivity index (χ2n) is 6.28. The van der Waals surface area contributed by atoms with E-state index in [9.17, 15) is 9.59 Å². The number of aromatic nitrogens is 2. The molecule has 3 rings (SSSR count). The number of benzene rings is 1. The molecule has 0 amide bonds. The summed E-state index contributed by atoms with van der Waals surface area (Å²) >= 11 is 1.42. The highest BCUT2D eigenvalue weighted by molar-refractivity contribution is 7.14. The normalized spacial score (nSPS) is 12.0. The molecule has 27 heavy (non-hydrogen) atoms. The number of esters is 1. The number of carbonyl (C=O) groups excluding carboxylic acids is 2. The summed E-state index contributed by atoms with van der Waals surface area (Å²) in [4.78, 5) is 25.8. The first-order chi connectivity index (χ1) is 12.9. The van der Waals surface area contributed by atoms with Crippen LogP contribution >= 0.6 is 11.3 Å². The van der Waals surface area contributed by atoms with E-state index in [1.807, 2.05) is 44.2 Å². The lowest BCUT2D eigenvalue weighted by Crippen LogP contribution is -2.11. The molecule has 1 aromatic carbocycles. The van der Waals surface area contributed by atoms with Crippen LogP contribution in [0.4, 0.5) is 0 Å². The largest absolute Gasteiger partial charge is 0.453 e. The molecule has 0 radical (unpaired) electrons. The number of hydrogen-bond acceptors (Lipinski definition) is 7. The Kier molecular flexibility index (Phi) is 5.81. The third-order valence-electron chi connectivity index (χ3n) is 3.97. The maximum absolute atomic E-state index is 12.1. The van der Waals surface area contributed by atoms with Gasteiger partial charge in [-0.25, -0.2) is 0 Å². The van der Waals surface area contributed by atoms with Gasteiger partial charge in [0, 0.05) is 16.9 Å². The van der Waals surface area contributed by atoms with Gasteiger partial charge >= 0.3 is 5.97 Å². The minimum Gasteiger partial charge on any atom is -0.453 e. The highest BCUT2D eigenvalue weighted by atomic mass is 32.1. The van der Waals surface area contributed by atoms with E-state index >= 15 is 0 Å². The monoisotopic (exact) mass is 384 g/mol. The molecule has 0 bridgehead atoms. The fraction of sp³-hybridized carbons (Fsp3) is 0.300. The third-order valence-corrected chi connectivity index (χ3v) is 5.01. The lowest BCUT2D eigenvalue weighted by Gasteiger charge is -2.08. The van der Waals surface area contributed by atoms with Gasteiger partial charge in [-0.15, -0.1) is 21.5 Å². The SMILES string of the molecule is Cc1ccc(-c2nnc([C@@H](C)OC(=O)CCC(=O)c3ccc(C)s3)o2)cc1. The number of Topliss-reactive ketones (excluding diaryl/α,β-unsaturated/α-hetero) is 1. The minimum atomic E-state index is -0.678. The van der Waals surface area contributed by atoms with Crippen molar-refractivity contribution in [2.45, 2.75) is 39.7 Å². The van der Waals surface area contributed by atoms with Crippen LogP contribution in [0.1, 0.15) is 51.9 Å². The quantitative estimate of drug-likeness (QED) is 0.434. The standard InChI is InChI=1S/C20H20N2O4S/c1-12-4-7-15(8-5-12)20-22-21-19(26-20)14(3)25-18(24)11-9-16(23)17-10-6-13(2)27-17/h4-8,10,14H,9,11H2,1-3H3/t14-/m1/s1. The van der Waals surface area contributed by atoms with E-state index in [0.29, 0.717) is 10.8 Å². The van der Waals surface area contributed by atoms with Gasteiger partial charge in [0.1, 0.15) is 0 Å². The molecule has 0 fully saturated rings. The zero-order valence-corrected chi connectivity index (χ0v) is 16.2. The fourth-order valence-electron chi connectivity index (χ4n) is 2.44. The maximum Gasteiger partial charge on any atom is 0.307 e. The van der Waals surface area contributed by atoms with Gasteiger partial charge in [-0.05, 0) is 45.0 Å². The van der Waals surface area contributed by atoms with Crippen LogP contribution in [0.25, 0.3) is 11.5 Å². The molecule has 2 heterocycles. The summed E-state index contributed by atoms with van der Waals surface area (Å²) in [7, 11) is 0. The molecule has 0 saturated carbocycles. The van der Waals surface area contributed by atoms with Gasteiger partial charge in [0.15, 0.2) is 11.9 Å². The Labute approximate surface area is 161 Å². The van der Waals surface area contributed by atoms with E-state index in [0.717, 1.165) is 16.0 Å². The van der Waals surface area contributed by atoms with E-state index in [2.05, 4.69) is 10.2 Å². The van der Waals surface area contributed by atoms with Gasteiger partial charge in [-0.1, -0.05) is 17.7 Å². The van der Waals surface area contributed by atoms with Gasteiger partial charge in [-0.3, -0.25) is 9.59 Å². The zero-order chi connectivity index (χ0) is 19.4. The molecule has 7 heteroatoms. The van der Waals surface area contributed by atoms with Crippen molar-refractivity contribution in [1.29, 1.82) is 0 Å². The molecule has 0 unspecified atom stereocenters. The van der Waals surface area contributed by atoms with Gasteiger partial charge in [0.2, 0.25) is 5.89 Å². The molecular weight excluding hydrogens is 364 g/mol. The van der Waals surface area contributed by atoms with Crippen molar-refractivity contribution in [3.05, 3.63) is 57.6 Å². The number of thiophene rings is 1. The Morgan fingerprint density at radius 3 is 2.48 bits per heavy atom. The number of ether oxygens (including phenoxy) is 1. The zero-order valence-electron chi connectivity index (χ0n) is 15.4. The number of nitrogens with zero attached hydrogens (tertiary/aromatic N) is 2.